The van der Waals surface area contributed by atoms with Crippen LogP contribution in [0.15, 0.2) is 42.5 Å². The van der Waals surface area contributed by atoms with E-state index in [2.05, 4.69) is 82.3 Å². The lowest BCUT2D eigenvalue weighted by Crippen LogP contribution is -2.14. The minimum atomic E-state index is 0.0620. The van der Waals surface area contributed by atoms with E-state index in [1.54, 1.807) is 0 Å². The predicted octanol–water partition coefficient (Wildman–Crippen LogP) is 3.94. The van der Waals surface area contributed by atoms with E-state index in [1.807, 2.05) is 0 Å². The fourth-order valence-corrected chi connectivity index (χ4v) is 2.62. The van der Waals surface area contributed by atoms with Crippen molar-refractivity contribution in [1.82, 2.24) is 20.6 Å². The third-order valence-electron chi connectivity index (χ3n) is 3.83. The molecule has 5 nitrogen and oxygen atoms in total. The molecule has 0 bridgehead atoms. The maximum atomic E-state index is 4.16. The first kappa shape index (κ1) is 14.5. The van der Waals surface area contributed by atoms with Crippen LogP contribution in [0.4, 0.5) is 5.69 Å². The van der Waals surface area contributed by atoms with E-state index in [-0.39, 0.29) is 6.04 Å². The molecule has 2 N–H and O–H groups in total. The summed E-state index contributed by atoms with van der Waals surface area (Å²) < 4.78 is 0. The third kappa shape index (κ3) is 3.24. The average Bonchev–Trinajstić information content (AvgIpc) is 3.05. The first-order valence-electron chi connectivity index (χ1n) is 7.71. The second-order valence-corrected chi connectivity index (χ2v) is 5.96. The number of aromatic nitrogens is 4. The van der Waals surface area contributed by atoms with Crippen molar-refractivity contribution in [2.45, 2.75) is 32.7 Å². The summed E-state index contributed by atoms with van der Waals surface area (Å²) in [5.74, 6) is 1.36. The van der Waals surface area contributed by atoms with Crippen molar-refractivity contribution in [3.8, 4) is 0 Å². The highest BCUT2D eigenvalue weighted by Gasteiger charge is 2.17. The van der Waals surface area contributed by atoms with Gasteiger partial charge in [-0.05, 0) is 30.2 Å². The summed E-state index contributed by atoms with van der Waals surface area (Å²) in [4.78, 5) is 0. The van der Waals surface area contributed by atoms with Gasteiger partial charge in [-0.3, -0.25) is 0 Å². The number of hydrogen-bond acceptors (Lipinski definition) is 4. The Kier molecular flexibility index (Phi) is 4.32. The quantitative estimate of drug-likeness (QED) is 0.723. The highest BCUT2D eigenvalue weighted by atomic mass is 15.5. The molecule has 3 aromatic rings. The normalized spacial score (nSPS) is 12.7. The predicted molar refractivity (Wildman–Crippen MR) is 88.6 cm³/mol. The van der Waals surface area contributed by atoms with Crippen LogP contribution in [-0.4, -0.2) is 20.6 Å². The number of aromatic amines is 1. The van der Waals surface area contributed by atoms with Crippen LogP contribution in [0.1, 0.15) is 38.6 Å². The van der Waals surface area contributed by atoms with Crippen LogP contribution in [0.5, 0.6) is 0 Å². The first-order valence-corrected chi connectivity index (χ1v) is 7.71. The fourth-order valence-electron chi connectivity index (χ4n) is 2.62. The van der Waals surface area contributed by atoms with Gasteiger partial charge in [0.25, 0.3) is 0 Å². The molecule has 3 rings (SSSR count). The van der Waals surface area contributed by atoms with Crippen LogP contribution in [0.25, 0.3) is 10.8 Å². The molecule has 1 heterocycles. The SMILES string of the molecule is CC(C)CCC(Nc1cccc2ccccc12)c1nn[nH]n1. The summed E-state index contributed by atoms with van der Waals surface area (Å²) in [7, 11) is 0. The number of tetrazole rings is 1. The van der Waals surface area contributed by atoms with E-state index < -0.39 is 0 Å². The van der Waals surface area contributed by atoms with Crippen LogP contribution >= 0.6 is 0 Å². The number of nitrogens with zero attached hydrogens (tertiary/aromatic N) is 3. The Labute approximate surface area is 130 Å². The molecule has 5 heteroatoms. The molecule has 0 aliphatic rings. The maximum Gasteiger partial charge on any atom is 0.196 e. The largest absolute Gasteiger partial charge is 0.374 e. The molecule has 2 aromatic carbocycles. The Morgan fingerprint density at radius 1 is 1.05 bits per heavy atom. The number of anilines is 1. The summed E-state index contributed by atoms with van der Waals surface area (Å²) in [6.45, 7) is 4.45. The molecule has 0 amide bonds. The zero-order valence-electron chi connectivity index (χ0n) is 13.0. The Balaban J connectivity index is 1.88. The van der Waals surface area contributed by atoms with E-state index in [1.165, 1.54) is 10.8 Å². The monoisotopic (exact) mass is 295 g/mol. The van der Waals surface area contributed by atoms with Crippen molar-refractivity contribution in [3.63, 3.8) is 0 Å². The highest BCUT2D eigenvalue weighted by molar-refractivity contribution is 5.93. The fraction of sp³-hybridized carbons (Fsp3) is 0.353. The van der Waals surface area contributed by atoms with Gasteiger partial charge < -0.3 is 5.32 Å². The van der Waals surface area contributed by atoms with Gasteiger partial charge in [-0.2, -0.15) is 5.21 Å². The van der Waals surface area contributed by atoms with Gasteiger partial charge in [-0.25, -0.2) is 0 Å². The molecule has 1 aromatic heterocycles. The number of nitrogens with one attached hydrogen (secondary N) is 2. The van der Waals surface area contributed by atoms with E-state index >= 15 is 0 Å². The number of benzene rings is 2. The Bertz CT molecular complexity index is 716. The van der Waals surface area contributed by atoms with Gasteiger partial charge in [0.15, 0.2) is 5.82 Å². The molecule has 1 atom stereocenters. The van der Waals surface area contributed by atoms with Gasteiger partial charge in [0, 0.05) is 11.1 Å². The third-order valence-corrected chi connectivity index (χ3v) is 3.83. The van der Waals surface area contributed by atoms with Gasteiger partial charge in [-0.15, -0.1) is 10.2 Å². The molecule has 0 aliphatic carbocycles. The molecule has 22 heavy (non-hydrogen) atoms. The topological polar surface area (TPSA) is 66.5 Å². The lowest BCUT2D eigenvalue weighted by molar-refractivity contribution is 0.511. The Morgan fingerprint density at radius 2 is 1.86 bits per heavy atom. The maximum absolute atomic E-state index is 4.16. The molecule has 114 valence electrons. The molecular weight excluding hydrogens is 274 g/mol. The summed E-state index contributed by atoms with van der Waals surface area (Å²) in [5, 5.41) is 20.6. The molecule has 0 radical (unpaired) electrons. The van der Waals surface area contributed by atoms with E-state index in [0.29, 0.717) is 11.7 Å². The van der Waals surface area contributed by atoms with Gasteiger partial charge in [-0.1, -0.05) is 55.5 Å². The van der Waals surface area contributed by atoms with Crippen molar-refractivity contribution in [2.75, 3.05) is 5.32 Å². The van der Waals surface area contributed by atoms with E-state index in [0.717, 1.165) is 18.5 Å². The van der Waals surface area contributed by atoms with Crippen molar-refractivity contribution in [3.05, 3.63) is 48.3 Å². The van der Waals surface area contributed by atoms with Gasteiger partial charge in [0.1, 0.15) is 0 Å². The van der Waals surface area contributed by atoms with Crippen molar-refractivity contribution >= 4 is 16.5 Å². The zero-order valence-corrected chi connectivity index (χ0v) is 13.0. The molecule has 1 unspecified atom stereocenters. The summed E-state index contributed by atoms with van der Waals surface area (Å²) in [5.41, 5.74) is 1.11. The molecule has 0 saturated heterocycles. The van der Waals surface area contributed by atoms with Gasteiger partial charge in [0.05, 0.1) is 6.04 Å². The lowest BCUT2D eigenvalue weighted by Gasteiger charge is -2.19. The molecule has 0 saturated carbocycles. The van der Waals surface area contributed by atoms with Crippen LogP contribution in [-0.2, 0) is 0 Å². The van der Waals surface area contributed by atoms with Crippen molar-refractivity contribution in [2.24, 2.45) is 5.92 Å². The second-order valence-electron chi connectivity index (χ2n) is 5.96. The molecule has 0 spiro atoms. The summed E-state index contributed by atoms with van der Waals surface area (Å²) in [6, 6.07) is 14.7. The second kappa shape index (κ2) is 6.56. The molecular formula is C17H21N5. The smallest absolute Gasteiger partial charge is 0.196 e. The van der Waals surface area contributed by atoms with Crippen LogP contribution in [0.2, 0.25) is 0 Å². The standard InChI is InChI=1S/C17H21N5/c1-12(2)10-11-16(17-19-21-22-20-17)18-15-9-5-7-13-6-3-4-8-14(13)15/h3-9,12,16,18H,10-11H2,1-2H3,(H,19,20,21,22). The minimum absolute atomic E-state index is 0.0620. The van der Waals surface area contributed by atoms with Crippen LogP contribution in [0, 0.1) is 5.92 Å². The average molecular weight is 295 g/mol. The van der Waals surface area contributed by atoms with E-state index in [9.17, 15) is 0 Å². The number of H-pyrrole nitrogens is 1. The van der Waals surface area contributed by atoms with Gasteiger partial charge in [0.2, 0.25) is 0 Å². The number of hydrogen-bond donors (Lipinski definition) is 2. The van der Waals surface area contributed by atoms with Crippen LogP contribution in [0.3, 0.4) is 0 Å². The zero-order chi connectivity index (χ0) is 15.4. The number of fused-ring (bicyclic) bond motifs is 1. The van der Waals surface area contributed by atoms with Crippen molar-refractivity contribution in [1.29, 1.82) is 0 Å². The lowest BCUT2D eigenvalue weighted by atomic mass is 10.0. The van der Waals surface area contributed by atoms with Gasteiger partial charge >= 0.3 is 0 Å². The first-order chi connectivity index (χ1) is 10.7. The molecule has 0 fully saturated rings. The van der Waals surface area contributed by atoms with E-state index in [4.69, 9.17) is 0 Å². The summed E-state index contributed by atoms with van der Waals surface area (Å²) in [6.07, 6.45) is 2.08. The number of rotatable bonds is 6. The van der Waals surface area contributed by atoms with Crippen molar-refractivity contribution < 1.29 is 0 Å². The highest BCUT2D eigenvalue weighted by Crippen LogP contribution is 2.28. The minimum Gasteiger partial charge on any atom is -0.374 e. The summed E-state index contributed by atoms with van der Waals surface area (Å²) >= 11 is 0. The Hall–Kier alpha value is -2.43. The molecule has 0 aliphatic heterocycles. The Morgan fingerprint density at radius 3 is 2.64 bits per heavy atom. The van der Waals surface area contributed by atoms with Crippen LogP contribution < -0.4 is 5.32 Å².